The fourth-order valence-electron chi connectivity index (χ4n) is 2.55. The van der Waals surface area contributed by atoms with Crippen molar-refractivity contribution in [3.05, 3.63) is 33.4 Å². The van der Waals surface area contributed by atoms with Crippen LogP contribution in [-0.4, -0.2) is 38.3 Å². The number of ether oxygens (including phenoxy) is 1. The number of hydrogen-bond donors (Lipinski definition) is 2. The van der Waals surface area contributed by atoms with Crippen LogP contribution in [0.25, 0.3) is 0 Å². The van der Waals surface area contributed by atoms with Crippen LogP contribution in [0.4, 0.5) is 0 Å². The lowest BCUT2D eigenvalue weighted by Gasteiger charge is -2.23. The van der Waals surface area contributed by atoms with E-state index in [4.69, 9.17) is 9.15 Å². The van der Waals surface area contributed by atoms with Crippen molar-refractivity contribution >= 4 is 5.91 Å². The molecule has 1 aromatic heterocycles. The van der Waals surface area contributed by atoms with Gasteiger partial charge in [0.2, 0.25) is 0 Å². The van der Waals surface area contributed by atoms with E-state index in [-0.39, 0.29) is 11.7 Å². The third kappa shape index (κ3) is 5.18. The molecule has 1 unspecified atom stereocenters. The summed E-state index contributed by atoms with van der Waals surface area (Å²) in [6.07, 6.45) is 1.59. The van der Waals surface area contributed by atoms with Crippen LogP contribution in [-0.2, 0) is 11.2 Å². The summed E-state index contributed by atoms with van der Waals surface area (Å²) in [5.74, 6) is 0.770. The molecule has 0 bridgehead atoms. The predicted molar refractivity (Wildman–Crippen MR) is 87.8 cm³/mol. The minimum Gasteiger partial charge on any atom is -0.427 e. The van der Waals surface area contributed by atoms with Crippen molar-refractivity contribution in [2.75, 3.05) is 26.2 Å². The van der Waals surface area contributed by atoms with Gasteiger partial charge in [0.25, 0.3) is 5.91 Å². The van der Waals surface area contributed by atoms with Gasteiger partial charge in [-0.3, -0.25) is 4.79 Å². The molecule has 0 saturated carbocycles. The lowest BCUT2D eigenvalue weighted by Crippen LogP contribution is -2.45. The number of hydrogen-bond acceptors (Lipinski definition) is 5. The molecule has 0 aliphatic carbocycles. The quantitative estimate of drug-likeness (QED) is 0.824. The second kappa shape index (κ2) is 8.26. The number of morpholine rings is 1. The van der Waals surface area contributed by atoms with E-state index in [1.165, 1.54) is 0 Å². The van der Waals surface area contributed by atoms with Gasteiger partial charge in [-0.05, 0) is 30.9 Å². The van der Waals surface area contributed by atoms with Crippen molar-refractivity contribution in [2.45, 2.75) is 39.7 Å². The van der Waals surface area contributed by atoms with Crippen molar-refractivity contribution in [1.82, 2.24) is 10.6 Å². The Morgan fingerprint density at radius 1 is 1.48 bits per heavy atom. The highest BCUT2D eigenvalue weighted by Gasteiger charge is 2.19. The first-order chi connectivity index (χ1) is 11.0. The minimum atomic E-state index is -0.566. The van der Waals surface area contributed by atoms with Gasteiger partial charge in [0.05, 0.1) is 12.7 Å². The number of carbonyl (C=O) groups is 1. The van der Waals surface area contributed by atoms with Crippen LogP contribution < -0.4 is 16.3 Å². The number of carbonyl (C=O) groups excluding carboxylic acids is 1. The van der Waals surface area contributed by atoms with Crippen molar-refractivity contribution in [3.63, 3.8) is 0 Å². The monoisotopic (exact) mass is 322 g/mol. The van der Waals surface area contributed by atoms with Gasteiger partial charge in [0.1, 0.15) is 11.3 Å². The van der Waals surface area contributed by atoms with Crippen LogP contribution in [0.5, 0.6) is 0 Å². The van der Waals surface area contributed by atoms with E-state index >= 15 is 0 Å². The molecule has 1 fully saturated rings. The number of aryl methyl sites for hydroxylation is 2. The maximum absolute atomic E-state index is 12.3. The average molecular weight is 322 g/mol. The molecule has 2 heterocycles. The lowest BCUT2D eigenvalue weighted by atomic mass is 10.0. The smallest absolute Gasteiger partial charge is 0.349 e. The molecule has 23 heavy (non-hydrogen) atoms. The Morgan fingerprint density at radius 3 is 2.87 bits per heavy atom. The van der Waals surface area contributed by atoms with E-state index < -0.39 is 11.5 Å². The Morgan fingerprint density at radius 2 is 2.26 bits per heavy atom. The minimum absolute atomic E-state index is 0.0645. The summed E-state index contributed by atoms with van der Waals surface area (Å²) >= 11 is 0. The average Bonchev–Trinajstić information content (AvgIpc) is 2.51. The van der Waals surface area contributed by atoms with Crippen LogP contribution in [0.1, 0.15) is 41.9 Å². The molecular weight excluding hydrogens is 296 g/mol. The second-order valence-electron chi connectivity index (χ2n) is 6.40. The molecule has 2 rings (SSSR count). The van der Waals surface area contributed by atoms with Gasteiger partial charge in [-0.1, -0.05) is 13.8 Å². The number of nitrogens with one attached hydrogen (secondary N) is 2. The predicted octanol–water partition coefficient (Wildman–Crippen LogP) is 1.26. The molecular formula is C17H26N2O4. The van der Waals surface area contributed by atoms with Crippen LogP contribution in [0.2, 0.25) is 0 Å². The number of amides is 1. The summed E-state index contributed by atoms with van der Waals surface area (Å²) in [4.78, 5) is 24.4. The Kier molecular flexibility index (Phi) is 6.36. The van der Waals surface area contributed by atoms with Crippen LogP contribution in [0, 0.1) is 12.8 Å². The Bertz CT molecular complexity index is 589. The van der Waals surface area contributed by atoms with Crippen molar-refractivity contribution in [3.8, 4) is 0 Å². The van der Waals surface area contributed by atoms with Crippen molar-refractivity contribution in [1.29, 1.82) is 0 Å². The molecule has 128 valence electrons. The summed E-state index contributed by atoms with van der Waals surface area (Å²) in [7, 11) is 0. The summed E-state index contributed by atoms with van der Waals surface area (Å²) in [6, 6.07) is 1.79. The van der Waals surface area contributed by atoms with Crippen molar-refractivity contribution in [2.24, 2.45) is 5.92 Å². The molecule has 0 spiro atoms. The van der Waals surface area contributed by atoms with Crippen LogP contribution in [0.15, 0.2) is 15.3 Å². The highest BCUT2D eigenvalue weighted by atomic mass is 16.5. The molecule has 6 nitrogen and oxygen atoms in total. The maximum Gasteiger partial charge on any atom is 0.349 e. The standard InChI is InChI=1S/C17H26N2O4/c1-11(2)4-5-13-8-12(3)15(17(21)23-13)16(20)19-10-14-9-18-6-7-22-14/h8,11,14,18H,4-7,9-10H2,1-3H3,(H,19,20). The fraction of sp³-hybridized carbons (Fsp3) is 0.647. The molecule has 1 aromatic rings. The molecule has 2 N–H and O–H groups in total. The third-order valence-electron chi connectivity index (χ3n) is 3.89. The number of rotatable bonds is 6. The first kappa shape index (κ1) is 17.7. The Balaban J connectivity index is 2.00. The SMILES string of the molecule is Cc1cc(CCC(C)C)oc(=O)c1C(=O)NCC1CNCCO1. The normalized spacial score (nSPS) is 18.2. The summed E-state index contributed by atoms with van der Waals surface area (Å²) in [6.45, 7) is 8.53. The zero-order chi connectivity index (χ0) is 16.8. The van der Waals surface area contributed by atoms with Gasteiger partial charge in [0.15, 0.2) is 0 Å². The molecule has 0 aromatic carbocycles. The summed E-state index contributed by atoms with van der Waals surface area (Å²) in [5.41, 5.74) is 0.172. The Labute approximate surface area is 136 Å². The Hall–Kier alpha value is -1.66. The molecule has 6 heteroatoms. The first-order valence-electron chi connectivity index (χ1n) is 8.21. The molecule has 1 amide bonds. The second-order valence-corrected chi connectivity index (χ2v) is 6.40. The van der Waals surface area contributed by atoms with Gasteiger partial charge >= 0.3 is 5.63 Å². The van der Waals surface area contributed by atoms with Crippen molar-refractivity contribution < 1.29 is 13.9 Å². The molecule has 1 aliphatic heterocycles. The first-order valence-corrected chi connectivity index (χ1v) is 8.21. The van der Waals surface area contributed by atoms with E-state index in [1.54, 1.807) is 13.0 Å². The van der Waals surface area contributed by atoms with E-state index in [9.17, 15) is 9.59 Å². The topological polar surface area (TPSA) is 80.6 Å². The molecule has 1 aliphatic rings. The largest absolute Gasteiger partial charge is 0.427 e. The highest BCUT2D eigenvalue weighted by Crippen LogP contribution is 2.11. The third-order valence-corrected chi connectivity index (χ3v) is 3.89. The van der Waals surface area contributed by atoms with Crippen LogP contribution >= 0.6 is 0 Å². The van der Waals surface area contributed by atoms with Gasteiger partial charge in [-0.25, -0.2) is 4.79 Å². The highest BCUT2D eigenvalue weighted by molar-refractivity contribution is 5.95. The van der Waals surface area contributed by atoms with E-state index in [2.05, 4.69) is 24.5 Å². The summed E-state index contributed by atoms with van der Waals surface area (Å²) < 4.78 is 10.8. The van der Waals surface area contributed by atoms with Gasteiger partial charge in [-0.15, -0.1) is 0 Å². The van der Waals surface area contributed by atoms with Gasteiger partial charge in [0, 0.05) is 26.1 Å². The van der Waals surface area contributed by atoms with Gasteiger partial charge in [-0.2, -0.15) is 0 Å². The molecule has 0 radical (unpaired) electrons. The van der Waals surface area contributed by atoms with E-state index in [1.807, 2.05) is 0 Å². The molecule has 1 saturated heterocycles. The fourth-order valence-corrected chi connectivity index (χ4v) is 2.55. The lowest BCUT2D eigenvalue weighted by molar-refractivity contribution is 0.0286. The molecule has 1 atom stereocenters. The van der Waals surface area contributed by atoms with E-state index in [0.29, 0.717) is 43.4 Å². The maximum atomic E-state index is 12.3. The zero-order valence-corrected chi connectivity index (χ0v) is 14.1. The van der Waals surface area contributed by atoms with Gasteiger partial charge < -0.3 is 19.8 Å². The summed E-state index contributed by atoms with van der Waals surface area (Å²) in [5, 5.41) is 5.95. The van der Waals surface area contributed by atoms with E-state index in [0.717, 1.165) is 13.0 Å². The van der Waals surface area contributed by atoms with Crippen LogP contribution in [0.3, 0.4) is 0 Å². The zero-order valence-electron chi connectivity index (χ0n) is 14.1.